The number of allylic oxidation sites excluding steroid dienone is 2. The summed E-state index contributed by atoms with van der Waals surface area (Å²) in [5.74, 6) is -0.0139. The lowest BCUT2D eigenvalue weighted by Gasteiger charge is -2.48. The molecule has 1 aliphatic carbocycles. The first-order valence-electron chi connectivity index (χ1n) is 17.5. The maximum Gasteiger partial charge on any atom is 0.261 e. The Bertz CT molecular complexity index is 1410. The van der Waals surface area contributed by atoms with Gasteiger partial charge in [-0.15, -0.1) is 11.8 Å². The highest BCUT2D eigenvalue weighted by Crippen LogP contribution is 2.41. The van der Waals surface area contributed by atoms with Crippen molar-refractivity contribution in [1.29, 1.82) is 0 Å². The van der Waals surface area contributed by atoms with Crippen LogP contribution in [0.25, 0.3) is 0 Å². The van der Waals surface area contributed by atoms with Crippen LogP contribution in [0.2, 0.25) is 5.04 Å². The van der Waals surface area contributed by atoms with Crippen LogP contribution >= 0.6 is 11.8 Å². The summed E-state index contributed by atoms with van der Waals surface area (Å²) in [4.78, 5) is 18.4. The monoisotopic (exact) mass is 693 g/mol. The summed E-state index contributed by atoms with van der Waals surface area (Å²) in [6.07, 6.45) is 4.72. The molecule has 1 N–H and O–H groups in total. The summed E-state index contributed by atoms with van der Waals surface area (Å²) in [5.41, 5.74) is 0.340. The van der Waals surface area contributed by atoms with Crippen LogP contribution in [-0.4, -0.2) is 74.4 Å². The number of aliphatic hydroxyl groups is 1. The van der Waals surface area contributed by atoms with E-state index in [1.165, 1.54) is 10.4 Å². The Hall–Kier alpha value is -2.27. The largest absolute Gasteiger partial charge is 0.511 e. The summed E-state index contributed by atoms with van der Waals surface area (Å²) < 4.78 is 27.2. The van der Waals surface area contributed by atoms with Crippen molar-refractivity contribution in [2.45, 2.75) is 116 Å². The summed E-state index contributed by atoms with van der Waals surface area (Å²) in [6.45, 7) is 15.9. The summed E-state index contributed by atoms with van der Waals surface area (Å²) in [5, 5.41) is 13.2. The van der Waals surface area contributed by atoms with Gasteiger partial charge in [0.2, 0.25) is 0 Å². The molecule has 2 saturated heterocycles. The number of hydrogen-bond donors (Lipinski definition) is 1. The molecule has 0 saturated carbocycles. The lowest BCUT2D eigenvalue weighted by Crippen LogP contribution is -2.68. The molecule has 0 aromatic heterocycles. The molecule has 3 unspecified atom stereocenters. The van der Waals surface area contributed by atoms with Gasteiger partial charge in [-0.05, 0) is 53.3 Å². The molecular weight excluding hydrogens is 639 g/mol. The van der Waals surface area contributed by atoms with Crippen molar-refractivity contribution in [2.24, 2.45) is 16.3 Å². The molecule has 262 valence electrons. The van der Waals surface area contributed by atoms with Crippen LogP contribution in [0.15, 0.2) is 77.0 Å². The molecule has 9 heteroatoms. The fourth-order valence-electron chi connectivity index (χ4n) is 7.78. The molecule has 0 radical (unpaired) electrons. The first-order chi connectivity index (χ1) is 22.8. The van der Waals surface area contributed by atoms with Crippen molar-refractivity contribution < 1.29 is 28.5 Å². The van der Waals surface area contributed by atoms with Gasteiger partial charge in [-0.2, -0.15) is 0 Å². The second-order valence-corrected chi connectivity index (χ2v) is 20.7. The molecule has 3 aliphatic rings. The van der Waals surface area contributed by atoms with Crippen molar-refractivity contribution in [3.05, 3.63) is 72.0 Å². The minimum absolute atomic E-state index is 0.0601. The predicted molar refractivity (Wildman–Crippen MR) is 198 cm³/mol. The Kier molecular flexibility index (Phi) is 11.8. The number of carbonyl (C=O) groups excluding carboxylic acids is 1. The van der Waals surface area contributed by atoms with Crippen LogP contribution in [0, 0.1) is 11.3 Å². The number of nitrogens with zero attached hydrogens (tertiary/aromatic N) is 1. The molecule has 2 aliphatic heterocycles. The van der Waals surface area contributed by atoms with E-state index in [0.717, 1.165) is 19.3 Å². The second-order valence-electron chi connectivity index (χ2n) is 15.5. The predicted octanol–water partition coefficient (Wildman–Crippen LogP) is 7.23. The first kappa shape index (κ1) is 37.0. The smallest absolute Gasteiger partial charge is 0.261 e. The van der Waals surface area contributed by atoms with Crippen LogP contribution in [0.5, 0.6) is 0 Å². The fraction of sp³-hybridized carbons (Fsp3) is 0.590. The third kappa shape index (κ3) is 7.87. The second kappa shape index (κ2) is 15.3. The quantitative estimate of drug-likeness (QED) is 0.208. The van der Waals surface area contributed by atoms with E-state index in [0.29, 0.717) is 37.3 Å². The molecule has 6 atom stereocenters. The van der Waals surface area contributed by atoms with Gasteiger partial charge in [-0.1, -0.05) is 102 Å². The van der Waals surface area contributed by atoms with Gasteiger partial charge < -0.3 is 23.7 Å². The molecule has 5 rings (SSSR count). The van der Waals surface area contributed by atoms with Gasteiger partial charge in [-0.3, -0.25) is 9.79 Å². The maximum atomic E-state index is 13.2. The molecule has 2 aromatic carbocycles. The number of ether oxygens (including phenoxy) is 3. The molecule has 0 amide bonds. The summed E-state index contributed by atoms with van der Waals surface area (Å²) >= 11 is 1.61. The molecule has 48 heavy (non-hydrogen) atoms. The Morgan fingerprint density at radius 2 is 1.67 bits per heavy atom. The highest BCUT2D eigenvalue weighted by molar-refractivity contribution is 7.99. The van der Waals surface area contributed by atoms with Crippen LogP contribution < -0.4 is 10.4 Å². The highest BCUT2D eigenvalue weighted by atomic mass is 32.2. The molecule has 2 aromatic rings. The van der Waals surface area contributed by atoms with E-state index in [1.807, 2.05) is 27.0 Å². The number of carbonyl (C=O) groups is 1. The maximum absolute atomic E-state index is 13.2. The average molecular weight is 694 g/mol. The normalized spacial score (nSPS) is 28.8. The Morgan fingerprint density at radius 3 is 2.19 bits per heavy atom. The number of hydrogen-bond acceptors (Lipinski definition) is 8. The minimum Gasteiger partial charge on any atom is -0.511 e. The Morgan fingerprint density at radius 1 is 1.04 bits per heavy atom. The summed E-state index contributed by atoms with van der Waals surface area (Å²) in [7, 11) is -2.83. The SMILES string of the molecule is CSC1OC(CO[Si](c2ccccc2)(c2ccccc2)C(C)(C)C)[C@H](OC2CCCCO2)[C@H](C)[C@H]1N=C(C)C1=C(O)CC(C)(C)CC1=O. The van der Waals surface area contributed by atoms with Crippen LogP contribution in [0.1, 0.15) is 80.6 Å². The van der Waals surface area contributed by atoms with E-state index >= 15 is 0 Å². The topological polar surface area (TPSA) is 86.6 Å². The number of ketones is 1. The average Bonchev–Trinajstić information content (AvgIpc) is 3.04. The van der Waals surface area contributed by atoms with Crippen molar-refractivity contribution in [2.75, 3.05) is 19.5 Å². The molecule has 0 bridgehead atoms. The zero-order valence-electron chi connectivity index (χ0n) is 30.0. The number of Topliss-reactive ketones (excluding diaryl/α,β-unsaturated/α-hetero) is 1. The summed E-state index contributed by atoms with van der Waals surface area (Å²) in [6, 6.07) is 21.0. The van der Waals surface area contributed by atoms with Gasteiger partial charge in [0.25, 0.3) is 8.32 Å². The minimum atomic E-state index is -2.83. The van der Waals surface area contributed by atoms with Gasteiger partial charge in [-0.25, -0.2) is 0 Å². The van der Waals surface area contributed by atoms with E-state index in [9.17, 15) is 9.90 Å². The van der Waals surface area contributed by atoms with E-state index in [4.69, 9.17) is 23.6 Å². The molecular formula is C39H55NO6SSi. The van der Waals surface area contributed by atoms with Gasteiger partial charge in [0, 0.05) is 31.1 Å². The standard InChI is InChI=1S/C39H55NO6SSi/c1-26-35(40-27(2)34-30(41)23-39(6,7)24-31(34)42)37(47-8)45-32(36(26)46-33-21-15-16-22-43-33)25-44-48(38(3,4)5,28-17-11-9-12-18-28)29-19-13-10-14-20-29/h9-14,17-20,26,32-33,35-37,41H,15-16,21-25H2,1-8H3/t26-,32?,33?,35-,36-,37?/m1/s1. The van der Waals surface area contributed by atoms with E-state index < -0.39 is 8.32 Å². The Labute approximate surface area is 293 Å². The van der Waals surface area contributed by atoms with Gasteiger partial charge in [0.15, 0.2) is 12.1 Å². The van der Waals surface area contributed by atoms with Crippen molar-refractivity contribution >= 4 is 41.9 Å². The number of benzene rings is 2. The molecule has 0 spiro atoms. The van der Waals surface area contributed by atoms with Crippen molar-refractivity contribution in [3.63, 3.8) is 0 Å². The Balaban J connectivity index is 1.51. The van der Waals surface area contributed by atoms with E-state index in [1.54, 1.807) is 11.8 Å². The number of thioether (sulfide) groups is 1. The fourth-order valence-corrected chi connectivity index (χ4v) is 13.2. The van der Waals surface area contributed by atoms with Gasteiger partial charge in [0.05, 0.1) is 24.3 Å². The molecule has 2 heterocycles. The molecule has 2 fully saturated rings. The van der Waals surface area contributed by atoms with E-state index in [-0.39, 0.29) is 57.9 Å². The zero-order chi connectivity index (χ0) is 34.7. The van der Waals surface area contributed by atoms with Crippen LogP contribution in [-0.2, 0) is 23.4 Å². The molecule has 7 nitrogen and oxygen atoms in total. The third-order valence-corrected chi connectivity index (χ3v) is 16.0. The van der Waals surface area contributed by atoms with Crippen LogP contribution in [0.3, 0.4) is 0 Å². The third-order valence-electron chi connectivity index (χ3n) is 10.1. The van der Waals surface area contributed by atoms with Crippen LogP contribution in [0.4, 0.5) is 0 Å². The number of aliphatic hydroxyl groups excluding tert-OH is 1. The van der Waals surface area contributed by atoms with Crippen molar-refractivity contribution in [3.8, 4) is 0 Å². The highest BCUT2D eigenvalue weighted by Gasteiger charge is 2.52. The van der Waals surface area contributed by atoms with Gasteiger partial charge >= 0.3 is 0 Å². The lowest BCUT2D eigenvalue weighted by atomic mass is 9.75. The first-order valence-corrected chi connectivity index (χ1v) is 20.7. The van der Waals surface area contributed by atoms with Crippen molar-refractivity contribution in [1.82, 2.24) is 0 Å². The van der Waals surface area contributed by atoms with E-state index in [2.05, 4.69) is 88.4 Å². The number of aliphatic imine (C=N–C) groups is 1. The zero-order valence-corrected chi connectivity index (χ0v) is 31.8. The lowest BCUT2D eigenvalue weighted by molar-refractivity contribution is -0.245. The van der Waals surface area contributed by atoms with Gasteiger partial charge in [0.1, 0.15) is 17.3 Å². The number of rotatable bonds is 10.